The molecule has 1 fully saturated rings. The van der Waals surface area contributed by atoms with Crippen molar-refractivity contribution in [2.45, 2.75) is 281 Å². The fraction of sp³-hybridized carbons (Fsp3) is 0.819. The predicted octanol–water partition coefficient (Wildman–Crippen LogP) is 7.12. The highest BCUT2D eigenvalue weighted by molar-refractivity contribution is 7.99. The van der Waals surface area contributed by atoms with Gasteiger partial charge in [-0.3, -0.25) is 52.7 Å². The summed E-state index contributed by atoms with van der Waals surface area (Å²) in [6.45, 7) is 34.1. The SMILES string of the molecule is C/C=C/C[C@@H](C)C[C@H]1C(=O)N[C@@H](CC)C(=O)N(C)[C@H](CSCCCCCCC(C)C)C(=O)N(C)[C@@H](CC(C)(C)O)C(=O)N[C@@H](C(C)C)C(=O)N(C)[C@@H](CC(C)C)C(=O)N[C@@H](C)C(=O)N[C@H](C)C(=O)N(C)[C@@H](CC(C)C)C(=O)N(C)[C@@H](CC(C)C)C(=O)N(C)[C@@H](C(C)C)C(=O)N1C. The minimum absolute atomic E-state index is 0.0700. The van der Waals surface area contributed by atoms with Crippen molar-refractivity contribution in [1.29, 1.82) is 0 Å². The number of nitrogens with one attached hydrogen (secondary N) is 4. The zero-order chi connectivity index (χ0) is 74.1. The number of thioether (sulfide) groups is 1. The van der Waals surface area contributed by atoms with Gasteiger partial charge < -0.3 is 60.7 Å². The molecule has 0 aliphatic carbocycles. The molecule has 0 spiro atoms. The number of amides is 11. The second-order valence-electron chi connectivity index (χ2n) is 30.3. The van der Waals surface area contributed by atoms with E-state index in [9.17, 15) is 24.3 Å². The van der Waals surface area contributed by atoms with Crippen LogP contribution in [-0.2, 0) is 52.7 Å². The van der Waals surface area contributed by atoms with E-state index in [1.807, 2.05) is 67.5 Å². The molecule has 1 saturated heterocycles. The largest absolute Gasteiger partial charge is 0.390 e. The Morgan fingerprint density at radius 3 is 1.38 bits per heavy atom. The van der Waals surface area contributed by atoms with Gasteiger partial charge >= 0.3 is 0 Å². The first-order valence-electron chi connectivity index (χ1n) is 35.4. The first kappa shape index (κ1) is 88.2. The first-order valence-corrected chi connectivity index (χ1v) is 36.5. The minimum atomic E-state index is -1.55. The van der Waals surface area contributed by atoms with Crippen molar-refractivity contribution < 1.29 is 57.8 Å². The second kappa shape index (κ2) is 41.6. The van der Waals surface area contributed by atoms with Gasteiger partial charge in [-0.05, 0) is 127 Å². The van der Waals surface area contributed by atoms with Crippen LogP contribution in [0.4, 0.5) is 0 Å². The molecule has 552 valence electrons. The van der Waals surface area contributed by atoms with Gasteiger partial charge in [0.05, 0.1) is 5.60 Å². The number of likely N-dealkylation sites (N-methyl/N-ethyl adjacent to an activating group) is 7. The maximum Gasteiger partial charge on any atom is 0.246 e. The van der Waals surface area contributed by atoms with E-state index >= 15 is 33.6 Å². The van der Waals surface area contributed by atoms with Crippen LogP contribution in [0, 0.1) is 41.4 Å². The van der Waals surface area contributed by atoms with Gasteiger partial charge in [-0.2, -0.15) is 11.8 Å². The first-order chi connectivity index (χ1) is 44.4. The summed E-state index contributed by atoms with van der Waals surface area (Å²) < 4.78 is 0. The van der Waals surface area contributed by atoms with Crippen molar-refractivity contribution in [3.63, 3.8) is 0 Å². The van der Waals surface area contributed by atoms with E-state index in [0.29, 0.717) is 18.1 Å². The fourth-order valence-electron chi connectivity index (χ4n) is 12.2. The van der Waals surface area contributed by atoms with Crippen LogP contribution >= 0.6 is 11.8 Å². The van der Waals surface area contributed by atoms with E-state index in [1.165, 1.54) is 123 Å². The van der Waals surface area contributed by atoms with Gasteiger partial charge in [0.25, 0.3) is 0 Å². The van der Waals surface area contributed by atoms with Crippen molar-refractivity contribution in [3.8, 4) is 0 Å². The third-order valence-electron chi connectivity index (χ3n) is 18.3. The summed E-state index contributed by atoms with van der Waals surface area (Å²) in [5.74, 6) is -7.45. The molecular formula is C72H131N11O12S. The van der Waals surface area contributed by atoms with E-state index in [4.69, 9.17) is 0 Å². The van der Waals surface area contributed by atoms with Crippen LogP contribution in [0.25, 0.3) is 0 Å². The monoisotopic (exact) mass is 1370 g/mol. The number of carbonyl (C=O) groups excluding carboxylic acids is 11. The summed E-state index contributed by atoms with van der Waals surface area (Å²) >= 11 is 1.47. The highest BCUT2D eigenvalue weighted by Gasteiger charge is 2.45. The number of hydrogen-bond donors (Lipinski definition) is 5. The lowest BCUT2D eigenvalue weighted by Crippen LogP contribution is -2.62. The van der Waals surface area contributed by atoms with Crippen molar-refractivity contribution >= 4 is 76.7 Å². The van der Waals surface area contributed by atoms with Crippen LogP contribution in [0.1, 0.15) is 209 Å². The van der Waals surface area contributed by atoms with Gasteiger partial charge in [-0.1, -0.05) is 135 Å². The Kier molecular flexibility index (Phi) is 38.2. The zero-order valence-corrected chi connectivity index (χ0v) is 64.7. The molecule has 0 aromatic rings. The molecule has 1 rings (SSSR count). The normalized spacial score (nSPS) is 25.8. The van der Waals surface area contributed by atoms with Crippen LogP contribution < -0.4 is 21.3 Å². The van der Waals surface area contributed by atoms with Crippen molar-refractivity contribution in [3.05, 3.63) is 12.2 Å². The smallest absolute Gasteiger partial charge is 0.246 e. The third kappa shape index (κ3) is 27.5. The quantitative estimate of drug-likeness (QED) is 0.0476. The molecule has 1 aliphatic heterocycles. The Morgan fingerprint density at radius 2 is 0.885 bits per heavy atom. The molecule has 1 aliphatic rings. The van der Waals surface area contributed by atoms with Crippen LogP contribution in [0.5, 0.6) is 0 Å². The molecule has 0 aromatic heterocycles. The summed E-state index contributed by atoms with van der Waals surface area (Å²) in [4.78, 5) is 173. The maximum absolute atomic E-state index is 15.4. The molecule has 0 bridgehead atoms. The molecule has 5 N–H and O–H groups in total. The lowest BCUT2D eigenvalue weighted by Gasteiger charge is -2.41. The standard InChI is InChI=1S/C72H131N11O12S/c1-27-29-35-49(15)40-54-63(86)75-52(28-2)66(89)82(25)58(42-96-36-33-31-30-32-34-43(3)4)69(92)81(24)57(41-72(18,19)95)64(87)76-59(47(11)12)70(93)77(20)53(37-44(5)6)62(85)73-50(16)61(84)74-51(17)65(88)79(22)55(38-45(7)8)67(90)80(23)56(39-46(9)10)68(91)83(26)60(48(13)14)71(94)78(54)21/h27,29,43-60,95H,28,30-42H2,1-26H3,(H,73,85)(H,74,84)(H,75,86)(H,76,87)/b29-27+/t49-,50+,51-,52+,53+,54+,55+,56+,57+,58-,59+,60+/m1/s1. The Morgan fingerprint density at radius 1 is 0.458 bits per heavy atom. The lowest BCUT2D eigenvalue weighted by atomic mass is 9.93. The van der Waals surface area contributed by atoms with E-state index < -0.39 is 149 Å². The molecule has 96 heavy (non-hydrogen) atoms. The highest BCUT2D eigenvalue weighted by Crippen LogP contribution is 2.27. The molecule has 12 atom stereocenters. The second-order valence-corrected chi connectivity index (χ2v) is 31.5. The molecule has 0 saturated carbocycles. The predicted molar refractivity (Wildman–Crippen MR) is 383 cm³/mol. The Labute approximate surface area is 582 Å². The Balaban J connectivity index is 4.50. The van der Waals surface area contributed by atoms with E-state index in [1.54, 1.807) is 34.6 Å². The minimum Gasteiger partial charge on any atom is -0.390 e. The van der Waals surface area contributed by atoms with Gasteiger partial charge in [0, 0.05) is 61.5 Å². The summed E-state index contributed by atoms with van der Waals surface area (Å²) in [6, 6.07) is -13.4. The average molecular weight is 1370 g/mol. The molecule has 11 amide bonds. The van der Waals surface area contributed by atoms with Crippen LogP contribution in [0.15, 0.2) is 12.2 Å². The Bertz CT molecular complexity index is 2570. The van der Waals surface area contributed by atoms with Crippen LogP contribution in [-0.4, -0.2) is 237 Å². The number of allylic oxidation sites excluding steroid dienone is 2. The molecular weight excluding hydrogens is 1240 g/mol. The summed E-state index contributed by atoms with van der Waals surface area (Å²) in [5, 5.41) is 22.7. The number of hydrogen-bond acceptors (Lipinski definition) is 13. The molecule has 23 nitrogen and oxygen atoms in total. The van der Waals surface area contributed by atoms with Crippen molar-refractivity contribution in [1.82, 2.24) is 55.6 Å². The number of carbonyl (C=O) groups is 11. The number of aliphatic hydroxyl groups is 1. The van der Waals surface area contributed by atoms with Crippen molar-refractivity contribution in [2.75, 3.05) is 60.8 Å². The van der Waals surface area contributed by atoms with E-state index in [-0.39, 0.29) is 67.9 Å². The van der Waals surface area contributed by atoms with Crippen molar-refractivity contribution in [2.24, 2.45) is 41.4 Å². The van der Waals surface area contributed by atoms with Gasteiger partial charge in [-0.25, -0.2) is 0 Å². The molecule has 0 aromatic carbocycles. The van der Waals surface area contributed by atoms with E-state index in [2.05, 4.69) is 35.1 Å². The molecule has 0 radical (unpaired) electrons. The third-order valence-corrected chi connectivity index (χ3v) is 19.4. The van der Waals surface area contributed by atoms with Crippen LogP contribution in [0.2, 0.25) is 0 Å². The molecule has 0 unspecified atom stereocenters. The number of unbranched alkanes of at least 4 members (excludes halogenated alkanes) is 3. The van der Waals surface area contributed by atoms with Gasteiger partial charge in [0.2, 0.25) is 65.0 Å². The van der Waals surface area contributed by atoms with Gasteiger partial charge in [0.1, 0.15) is 66.5 Å². The lowest BCUT2D eigenvalue weighted by molar-refractivity contribution is -0.156. The number of nitrogens with zero attached hydrogens (tertiary/aromatic N) is 7. The summed E-state index contributed by atoms with van der Waals surface area (Å²) in [6.07, 6.45) is 9.85. The molecule has 1 heterocycles. The topological polar surface area (TPSA) is 279 Å². The zero-order valence-electron chi connectivity index (χ0n) is 63.9. The van der Waals surface area contributed by atoms with Gasteiger partial charge in [-0.15, -0.1) is 0 Å². The average Bonchev–Trinajstić information content (AvgIpc) is 2.31. The maximum atomic E-state index is 15.4. The summed E-state index contributed by atoms with van der Waals surface area (Å²) in [7, 11) is 10.3. The highest BCUT2D eigenvalue weighted by atomic mass is 32.2. The Hall–Kier alpha value is -5.78. The summed E-state index contributed by atoms with van der Waals surface area (Å²) in [5.41, 5.74) is -1.55. The molecule has 24 heteroatoms. The van der Waals surface area contributed by atoms with E-state index in [0.717, 1.165) is 32.1 Å². The van der Waals surface area contributed by atoms with Gasteiger partial charge in [0.15, 0.2) is 0 Å². The van der Waals surface area contributed by atoms with Crippen LogP contribution in [0.3, 0.4) is 0 Å². The fourth-order valence-corrected chi connectivity index (χ4v) is 13.4. The number of rotatable bonds is 24.